The molecule has 0 aliphatic heterocycles. The van der Waals surface area contributed by atoms with Crippen LogP contribution in [0.15, 0.2) is 18.2 Å². The Morgan fingerprint density at radius 3 is 2.52 bits per heavy atom. The molecule has 23 heavy (non-hydrogen) atoms. The minimum absolute atomic E-state index is 0.115. The monoisotopic (exact) mass is 337 g/mol. The highest BCUT2D eigenvalue weighted by atomic mass is 35.5. The Hall–Kier alpha value is -1.26. The molecule has 0 bridgehead atoms. The number of hydrogen-bond acceptors (Lipinski definition) is 3. The zero-order chi connectivity index (χ0) is 16.2. The van der Waals surface area contributed by atoms with E-state index in [1.54, 1.807) is 18.2 Å². The number of ether oxygens (including phenoxy) is 1. The third-order valence-electron chi connectivity index (χ3n) is 4.81. The number of benzene rings is 1. The van der Waals surface area contributed by atoms with E-state index in [0.717, 1.165) is 38.5 Å². The third kappa shape index (κ3) is 4.39. The van der Waals surface area contributed by atoms with E-state index >= 15 is 0 Å². The van der Waals surface area contributed by atoms with Gasteiger partial charge in [-0.15, -0.1) is 0 Å². The van der Waals surface area contributed by atoms with Gasteiger partial charge in [-0.1, -0.05) is 11.6 Å². The number of aliphatic hydroxyl groups is 1. The lowest BCUT2D eigenvalue weighted by molar-refractivity contribution is 0.0861. The van der Waals surface area contributed by atoms with Crippen LogP contribution < -0.4 is 10.1 Å². The third-order valence-corrected chi connectivity index (χ3v) is 5.05. The molecule has 2 aliphatic carbocycles. The van der Waals surface area contributed by atoms with Crippen LogP contribution in [0, 0.1) is 0 Å². The van der Waals surface area contributed by atoms with Crippen molar-refractivity contribution in [2.75, 3.05) is 0 Å². The zero-order valence-corrected chi connectivity index (χ0v) is 14.0. The second-order valence-electron chi connectivity index (χ2n) is 6.64. The molecule has 4 nitrogen and oxygen atoms in total. The molecule has 2 aliphatic rings. The SMILES string of the molecule is O=C(NC1CCC(O)CC1)c1cc(Cl)ccc1OC1CCCC1. The number of nitrogens with one attached hydrogen (secondary N) is 1. The number of amides is 1. The van der Waals surface area contributed by atoms with Crippen LogP contribution in [0.25, 0.3) is 0 Å². The fourth-order valence-electron chi connectivity index (χ4n) is 3.45. The van der Waals surface area contributed by atoms with Crippen LogP contribution in [0.3, 0.4) is 0 Å². The van der Waals surface area contributed by atoms with E-state index in [9.17, 15) is 9.90 Å². The summed E-state index contributed by atoms with van der Waals surface area (Å²) in [5.41, 5.74) is 0.510. The van der Waals surface area contributed by atoms with Gasteiger partial charge in [-0.2, -0.15) is 0 Å². The Bertz CT molecular complexity index is 549. The molecule has 126 valence electrons. The lowest BCUT2D eigenvalue weighted by atomic mass is 9.93. The van der Waals surface area contributed by atoms with E-state index in [1.165, 1.54) is 12.8 Å². The maximum atomic E-state index is 12.6. The highest BCUT2D eigenvalue weighted by Gasteiger charge is 2.24. The van der Waals surface area contributed by atoms with Crippen molar-refractivity contribution < 1.29 is 14.6 Å². The molecule has 1 aromatic carbocycles. The minimum atomic E-state index is -0.226. The van der Waals surface area contributed by atoms with Gasteiger partial charge in [0.05, 0.1) is 17.8 Å². The lowest BCUT2D eigenvalue weighted by Gasteiger charge is -2.26. The number of halogens is 1. The van der Waals surface area contributed by atoms with E-state index in [-0.39, 0.29) is 24.2 Å². The molecule has 0 spiro atoms. The number of carbonyl (C=O) groups excluding carboxylic acids is 1. The molecule has 2 saturated carbocycles. The number of carbonyl (C=O) groups is 1. The molecule has 1 amide bonds. The summed E-state index contributed by atoms with van der Waals surface area (Å²) in [6, 6.07) is 5.35. The van der Waals surface area contributed by atoms with Crippen molar-refractivity contribution in [3.8, 4) is 5.75 Å². The average molecular weight is 338 g/mol. The smallest absolute Gasteiger partial charge is 0.255 e. The van der Waals surface area contributed by atoms with Crippen molar-refractivity contribution in [2.24, 2.45) is 0 Å². The van der Waals surface area contributed by atoms with Gasteiger partial charge in [0.2, 0.25) is 0 Å². The summed E-state index contributed by atoms with van der Waals surface area (Å²) >= 11 is 6.07. The van der Waals surface area contributed by atoms with Crippen LogP contribution in [-0.4, -0.2) is 29.3 Å². The number of aliphatic hydroxyl groups excluding tert-OH is 1. The van der Waals surface area contributed by atoms with Gasteiger partial charge in [0.1, 0.15) is 5.75 Å². The standard InChI is InChI=1S/C18H24ClNO3/c19-12-5-10-17(23-15-3-1-2-4-15)16(11-12)18(22)20-13-6-8-14(21)9-7-13/h5,10-11,13-15,21H,1-4,6-9H2,(H,20,22). The largest absolute Gasteiger partial charge is 0.490 e. The van der Waals surface area contributed by atoms with Gasteiger partial charge in [-0.3, -0.25) is 4.79 Å². The Balaban J connectivity index is 1.69. The Morgan fingerprint density at radius 1 is 1.13 bits per heavy atom. The summed E-state index contributed by atoms with van der Waals surface area (Å²) in [7, 11) is 0. The first-order valence-corrected chi connectivity index (χ1v) is 8.95. The maximum Gasteiger partial charge on any atom is 0.255 e. The van der Waals surface area contributed by atoms with Crippen LogP contribution in [-0.2, 0) is 0 Å². The van der Waals surface area contributed by atoms with Crippen LogP contribution in [0.1, 0.15) is 61.7 Å². The van der Waals surface area contributed by atoms with Gasteiger partial charge in [0.15, 0.2) is 0 Å². The summed E-state index contributed by atoms with van der Waals surface area (Å²) in [5, 5.41) is 13.2. The van der Waals surface area contributed by atoms with Crippen LogP contribution >= 0.6 is 11.6 Å². The van der Waals surface area contributed by atoms with Gasteiger partial charge in [0.25, 0.3) is 5.91 Å². The van der Waals surface area contributed by atoms with Gasteiger partial charge in [-0.05, 0) is 69.6 Å². The maximum absolute atomic E-state index is 12.6. The molecular weight excluding hydrogens is 314 g/mol. The fourth-order valence-corrected chi connectivity index (χ4v) is 3.62. The number of hydrogen-bond donors (Lipinski definition) is 2. The normalized spacial score (nSPS) is 25.3. The van der Waals surface area contributed by atoms with E-state index in [2.05, 4.69) is 5.32 Å². The second kappa shape index (κ2) is 7.54. The van der Waals surface area contributed by atoms with Crippen molar-refractivity contribution in [3.63, 3.8) is 0 Å². The number of rotatable bonds is 4. The average Bonchev–Trinajstić information content (AvgIpc) is 3.04. The van der Waals surface area contributed by atoms with Crippen LogP contribution in [0.5, 0.6) is 5.75 Å². The molecule has 0 aromatic heterocycles. The van der Waals surface area contributed by atoms with Crippen molar-refractivity contribution in [1.82, 2.24) is 5.32 Å². The van der Waals surface area contributed by atoms with Gasteiger partial charge < -0.3 is 15.2 Å². The molecule has 2 fully saturated rings. The highest BCUT2D eigenvalue weighted by molar-refractivity contribution is 6.31. The molecule has 0 atom stereocenters. The quantitative estimate of drug-likeness (QED) is 0.880. The Labute approximate surface area is 142 Å². The first-order valence-electron chi connectivity index (χ1n) is 8.57. The van der Waals surface area contributed by atoms with Gasteiger partial charge >= 0.3 is 0 Å². The van der Waals surface area contributed by atoms with Crippen LogP contribution in [0.4, 0.5) is 0 Å². The fraction of sp³-hybridized carbons (Fsp3) is 0.611. The molecule has 0 heterocycles. The Kier molecular flexibility index (Phi) is 5.44. The van der Waals surface area contributed by atoms with Gasteiger partial charge in [-0.25, -0.2) is 0 Å². The van der Waals surface area contributed by atoms with Gasteiger partial charge in [0, 0.05) is 11.1 Å². The molecule has 0 unspecified atom stereocenters. The summed E-state index contributed by atoms with van der Waals surface area (Å²) in [5.74, 6) is 0.483. The van der Waals surface area contributed by atoms with E-state index < -0.39 is 0 Å². The predicted octanol–water partition coefficient (Wildman–Crippen LogP) is 3.69. The summed E-state index contributed by atoms with van der Waals surface area (Å²) in [6.07, 6.45) is 7.54. The van der Waals surface area contributed by atoms with E-state index in [1.807, 2.05) is 0 Å². The molecule has 5 heteroatoms. The highest BCUT2D eigenvalue weighted by Crippen LogP contribution is 2.29. The zero-order valence-electron chi connectivity index (χ0n) is 13.3. The predicted molar refractivity (Wildman–Crippen MR) is 90.1 cm³/mol. The molecule has 0 radical (unpaired) electrons. The summed E-state index contributed by atoms with van der Waals surface area (Å²) < 4.78 is 6.03. The molecule has 1 aromatic rings. The first kappa shape index (κ1) is 16.6. The van der Waals surface area contributed by atoms with Crippen molar-refractivity contribution in [3.05, 3.63) is 28.8 Å². The van der Waals surface area contributed by atoms with Crippen molar-refractivity contribution >= 4 is 17.5 Å². The molecular formula is C18H24ClNO3. The molecule has 2 N–H and O–H groups in total. The first-order chi connectivity index (χ1) is 11.1. The minimum Gasteiger partial charge on any atom is -0.490 e. The Morgan fingerprint density at radius 2 is 1.83 bits per heavy atom. The topological polar surface area (TPSA) is 58.6 Å². The van der Waals surface area contributed by atoms with Crippen molar-refractivity contribution in [1.29, 1.82) is 0 Å². The molecule has 3 rings (SSSR count). The molecule has 0 saturated heterocycles. The lowest BCUT2D eigenvalue weighted by Crippen LogP contribution is -2.38. The summed E-state index contributed by atoms with van der Waals surface area (Å²) in [4.78, 5) is 12.6. The van der Waals surface area contributed by atoms with Crippen molar-refractivity contribution in [2.45, 2.75) is 69.6 Å². The van der Waals surface area contributed by atoms with E-state index in [4.69, 9.17) is 16.3 Å². The summed E-state index contributed by atoms with van der Waals surface area (Å²) in [6.45, 7) is 0. The second-order valence-corrected chi connectivity index (χ2v) is 7.08. The van der Waals surface area contributed by atoms with Crippen LogP contribution in [0.2, 0.25) is 5.02 Å². The van der Waals surface area contributed by atoms with E-state index in [0.29, 0.717) is 16.3 Å².